The Kier molecular flexibility index (Phi) is 3.13. The average Bonchev–Trinajstić information content (AvgIpc) is 2.49. The topological polar surface area (TPSA) is 57.4 Å². The van der Waals surface area contributed by atoms with Crippen molar-refractivity contribution in [2.24, 2.45) is 0 Å². The number of methoxy groups -OCH3 is 1. The number of ether oxygens (including phenoxy) is 2. The van der Waals surface area contributed by atoms with Gasteiger partial charge in [-0.3, -0.25) is 4.98 Å². The summed E-state index contributed by atoms with van der Waals surface area (Å²) in [7, 11) is 1.61. The summed E-state index contributed by atoms with van der Waals surface area (Å²) in [5.41, 5.74) is 7.35. The van der Waals surface area contributed by atoms with E-state index in [4.69, 9.17) is 15.2 Å². The maximum Gasteiger partial charge on any atom is 0.153 e. The summed E-state index contributed by atoms with van der Waals surface area (Å²) >= 11 is 0. The van der Waals surface area contributed by atoms with Gasteiger partial charge in [0.2, 0.25) is 0 Å². The van der Waals surface area contributed by atoms with Gasteiger partial charge in [0.05, 0.1) is 18.3 Å². The molecule has 1 aromatic heterocycles. The highest BCUT2D eigenvalue weighted by Crippen LogP contribution is 2.32. The van der Waals surface area contributed by atoms with Crippen LogP contribution in [0.4, 0.5) is 5.69 Å². The van der Waals surface area contributed by atoms with E-state index in [1.807, 2.05) is 30.3 Å². The molecule has 0 atom stereocenters. The Bertz CT molecular complexity index is 756. The monoisotopic (exact) mass is 266 g/mol. The molecule has 0 saturated carbocycles. The van der Waals surface area contributed by atoms with E-state index in [2.05, 4.69) is 4.98 Å². The van der Waals surface area contributed by atoms with Crippen LogP contribution in [0.1, 0.15) is 0 Å². The van der Waals surface area contributed by atoms with Gasteiger partial charge in [0.1, 0.15) is 11.5 Å². The predicted octanol–water partition coefficient (Wildman–Crippen LogP) is 3.62. The first kappa shape index (κ1) is 12.3. The zero-order chi connectivity index (χ0) is 13.9. The number of nitrogens with two attached hydrogens (primary N) is 1. The van der Waals surface area contributed by atoms with Crippen LogP contribution in [0, 0.1) is 0 Å². The van der Waals surface area contributed by atoms with Gasteiger partial charge in [-0.2, -0.15) is 0 Å². The molecule has 100 valence electrons. The number of aromatic nitrogens is 1. The molecule has 0 radical (unpaired) electrons. The van der Waals surface area contributed by atoms with Crippen molar-refractivity contribution in [2.45, 2.75) is 0 Å². The summed E-state index contributed by atoms with van der Waals surface area (Å²) in [4.78, 5) is 4.30. The number of nitrogens with zero attached hydrogens (tertiary/aromatic N) is 1. The minimum atomic E-state index is 0.562. The number of hydrogen-bond acceptors (Lipinski definition) is 4. The molecule has 3 rings (SSSR count). The minimum absolute atomic E-state index is 0.562. The maximum absolute atomic E-state index is 5.91. The second kappa shape index (κ2) is 5.09. The molecular formula is C16H14N2O2. The molecule has 2 N–H and O–H groups in total. The molecule has 0 aliphatic carbocycles. The van der Waals surface area contributed by atoms with Gasteiger partial charge in [0.25, 0.3) is 0 Å². The Hall–Kier alpha value is -2.75. The third-order valence-electron chi connectivity index (χ3n) is 3.03. The van der Waals surface area contributed by atoms with Crippen molar-refractivity contribution in [3.63, 3.8) is 0 Å². The Morgan fingerprint density at radius 2 is 1.85 bits per heavy atom. The molecule has 0 spiro atoms. The van der Waals surface area contributed by atoms with Crippen molar-refractivity contribution in [1.82, 2.24) is 4.98 Å². The fourth-order valence-corrected chi connectivity index (χ4v) is 1.97. The lowest BCUT2D eigenvalue weighted by molar-refractivity contribution is 0.409. The van der Waals surface area contributed by atoms with Gasteiger partial charge < -0.3 is 15.2 Å². The lowest BCUT2D eigenvalue weighted by Crippen LogP contribution is -1.93. The van der Waals surface area contributed by atoms with E-state index in [0.29, 0.717) is 22.9 Å². The molecule has 4 nitrogen and oxygen atoms in total. The number of benzene rings is 2. The van der Waals surface area contributed by atoms with Crippen LogP contribution in [0.2, 0.25) is 0 Å². The maximum atomic E-state index is 5.91. The number of nitrogen functional groups attached to an aromatic ring is 1. The summed E-state index contributed by atoms with van der Waals surface area (Å²) in [6.45, 7) is 0. The highest BCUT2D eigenvalue weighted by molar-refractivity contribution is 5.79. The van der Waals surface area contributed by atoms with Gasteiger partial charge in [-0.25, -0.2) is 0 Å². The van der Waals surface area contributed by atoms with Crippen LogP contribution in [0.15, 0.2) is 54.7 Å². The standard InChI is InChI=1S/C16H14N2O2/c1-19-12-6-7-14(17)16(10-12)20-13-5-4-11-3-2-8-18-15(11)9-13/h2-10H,17H2,1H3. The largest absolute Gasteiger partial charge is 0.497 e. The van der Waals surface area contributed by atoms with E-state index in [1.165, 1.54) is 0 Å². The van der Waals surface area contributed by atoms with Crippen molar-refractivity contribution in [2.75, 3.05) is 12.8 Å². The van der Waals surface area contributed by atoms with Gasteiger partial charge in [-0.05, 0) is 30.3 Å². The normalized spacial score (nSPS) is 10.4. The highest BCUT2D eigenvalue weighted by atomic mass is 16.5. The van der Waals surface area contributed by atoms with Crippen LogP contribution in [-0.2, 0) is 0 Å². The van der Waals surface area contributed by atoms with Crippen LogP contribution >= 0.6 is 0 Å². The Labute approximate surface area is 116 Å². The fraction of sp³-hybridized carbons (Fsp3) is 0.0625. The summed E-state index contributed by atoms with van der Waals surface area (Å²) in [6.07, 6.45) is 1.76. The lowest BCUT2D eigenvalue weighted by atomic mass is 10.2. The Balaban J connectivity index is 1.96. The SMILES string of the molecule is COc1ccc(N)c(Oc2ccc3cccnc3c2)c1. The third kappa shape index (κ3) is 2.36. The van der Waals surface area contributed by atoms with Gasteiger partial charge in [-0.15, -0.1) is 0 Å². The third-order valence-corrected chi connectivity index (χ3v) is 3.03. The molecule has 3 aromatic rings. The average molecular weight is 266 g/mol. The molecule has 0 aliphatic rings. The summed E-state index contributed by atoms with van der Waals surface area (Å²) in [5, 5.41) is 1.07. The number of fused-ring (bicyclic) bond motifs is 1. The van der Waals surface area contributed by atoms with Crippen molar-refractivity contribution in [3.8, 4) is 17.2 Å². The number of anilines is 1. The van der Waals surface area contributed by atoms with Gasteiger partial charge in [-0.1, -0.05) is 6.07 Å². The summed E-state index contributed by atoms with van der Waals surface area (Å²) in [6, 6.07) is 15.0. The van der Waals surface area contributed by atoms with Gasteiger partial charge in [0, 0.05) is 23.7 Å². The molecule has 0 bridgehead atoms. The summed E-state index contributed by atoms with van der Waals surface area (Å²) < 4.78 is 11.0. The molecule has 0 fully saturated rings. The second-order valence-electron chi connectivity index (χ2n) is 4.36. The molecule has 20 heavy (non-hydrogen) atoms. The Morgan fingerprint density at radius 1 is 1.00 bits per heavy atom. The van der Waals surface area contributed by atoms with Gasteiger partial charge in [0.15, 0.2) is 5.75 Å². The molecule has 0 amide bonds. The molecule has 0 saturated heterocycles. The van der Waals surface area contributed by atoms with Crippen LogP contribution in [0.5, 0.6) is 17.2 Å². The zero-order valence-electron chi connectivity index (χ0n) is 11.0. The van der Waals surface area contributed by atoms with E-state index in [1.54, 1.807) is 31.5 Å². The van der Waals surface area contributed by atoms with Crippen LogP contribution in [0.25, 0.3) is 10.9 Å². The van der Waals surface area contributed by atoms with Crippen LogP contribution in [0.3, 0.4) is 0 Å². The summed E-state index contributed by atoms with van der Waals surface area (Å²) in [5.74, 6) is 1.96. The molecule has 0 aliphatic heterocycles. The predicted molar refractivity (Wildman–Crippen MR) is 79.2 cm³/mol. The quantitative estimate of drug-likeness (QED) is 0.736. The van der Waals surface area contributed by atoms with Crippen LogP contribution in [-0.4, -0.2) is 12.1 Å². The smallest absolute Gasteiger partial charge is 0.153 e. The van der Waals surface area contributed by atoms with Crippen molar-refractivity contribution < 1.29 is 9.47 Å². The number of rotatable bonds is 3. The molecule has 1 heterocycles. The number of pyridine rings is 1. The van der Waals surface area contributed by atoms with Crippen molar-refractivity contribution in [3.05, 3.63) is 54.7 Å². The van der Waals surface area contributed by atoms with E-state index >= 15 is 0 Å². The van der Waals surface area contributed by atoms with E-state index in [9.17, 15) is 0 Å². The molecular weight excluding hydrogens is 252 g/mol. The van der Waals surface area contributed by atoms with Crippen molar-refractivity contribution in [1.29, 1.82) is 0 Å². The lowest BCUT2D eigenvalue weighted by Gasteiger charge is -2.10. The fourth-order valence-electron chi connectivity index (χ4n) is 1.97. The minimum Gasteiger partial charge on any atom is -0.497 e. The first-order valence-corrected chi connectivity index (χ1v) is 6.22. The number of hydrogen-bond donors (Lipinski definition) is 1. The molecule has 4 heteroatoms. The van der Waals surface area contributed by atoms with Gasteiger partial charge >= 0.3 is 0 Å². The molecule has 2 aromatic carbocycles. The van der Waals surface area contributed by atoms with E-state index in [0.717, 1.165) is 10.9 Å². The first-order valence-electron chi connectivity index (χ1n) is 6.22. The van der Waals surface area contributed by atoms with Crippen LogP contribution < -0.4 is 15.2 Å². The van der Waals surface area contributed by atoms with E-state index in [-0.39, 0.29) is 0 Å². The van der Waals surface area contributed by atoms with Crippen molar-refractivity contribution >= 4 is 16.6 Å². The van der Waals surface area contributed by atoms with E-state index < -0.39 is 0 Å². The highest BCUT2D eigenvalue weighted by Gasteiger charge is 2.05. The first-order chi connectivity index (χ1) is 9.76. The Morgan fingerprint density at radius 3 is 2.70 bits per heavy atom. The molecule has 0 unspecified atom stereocenters. The second-order valence-corrected chi connectivity index (χ2v) is 4.36. The zero-order valence-corrected chi connectivity index (χ0v) is 11.0.